The van der Waals surface area contributed by atoms with Crippen molar-refractivity contribution in [3.8, 4) is 0 Å². The van der Waals surface area contributed by atoms with Crippen molar-refractivity contribution in [2.75, 3.05) is 5.32 Å². The Morgan fingerprint density at radius 2 is 1.79 bits per heavy atom. The first kappa shape index (κ1) is 15.9. The van der Waals surface area contributed by atoms with Gasteiger partial charge in [-0.1, -0.05) is 6.42 Å². The molecule has 1 atom stereocenters. The molecule has 0 aliphatic heterocycles. The summed E-state index contributed by atoms with van der Waals surface area (Å²) in [7, 11) is 1.61. The lowest BCUT2D eigenvalue weighted by Gasteiger charge is -2.36. The summed E-state index contributed by atoms with van der Waals surface area (Å²) in [5.74, 6) is -7.35. The zero-order chi connectivity index (χ0) is 17.3. The highest BCUT2D eigenvalue weighted by Gasteiger charge is 2.61. The molecule has 3 aliphatic carbocycles. The lowest BCUT2D eigenvalue weighted by atomic mass is 9.73. The van der Waals surface area contributed by atoms with Gasteiger partial charge < -0.3 is 5.32 Å². The molecule has 8 heteroatoms. The lowest BCUT2D eigenvalue weighted by molar-refractivity contribution is -0.119. The molecule has 4 nitrogen and oxygen atoms in total. The van der Waals surface area contributed by atoms with Crippen LogP contribution in [0.3, 0.4) is 0 Å². The highest BCUT2D eigenvalue weighted by atomic mass is 19.3. The summed E-state index contributed by atoms with van der Waals surface area (Å²) in [6.45, 7) is 0. The first-order valence-electron chi connectivity index (χ1n) is 8.31. The Kier molecular flexibility index (Phi) is 3.28. The van der Waals surface area contributed by atoms with Gasteiger partial charge in [0.15, 0.2) is 0 Å². The molecule has 0 bridgehead atoms. The fraction of sp³-hybridized carbons (Fsp3) is 0.750. The fourth-order valence-electron chi connectivity index (χ4n) is 3.67. The molecule has 0 spiro atoms. The van der Waals surface area contributed by atoms with Gasteiger partial charge in [-0.2, -0.15) is 5.10 Å². The summed E-state index contributed by atoms with van der Waals surface area (Å²) < 4.78 is 54.1. The molecule has 3 aliphatic rings. The molecule has 1 aromatic rings. The average Bonchev–Trinajstić information content (AvgIpc) is 2.93. The van der Waals surface area contributed by atoms with Crippen LogP contribution < -0.4 is 5.32 Å². The van der Waals surface area contributed by atoms with E-state index in [9.17, 15) is 22.4 Å². The van der Waals surface area contributed by atoms with E-state index in [-0.39, 0.29) is 24.7 Å². The van der Waals surface area contributed by atoms with Crippen molar-refractivity contribution in [1.82, 2.24) is 9.78 Å². The van der Waals surface area contributed by atoms with Crippen LogP contribution in [0.4, 0.5) is 23.4 Å². The first-order chi connectivity index (χ1) is 11.2. The van der Waals surface area contributed by atoms with Gasteiger partial charge in [0.05, 0.1) is 5.69 Å². The number of rotatable bonds is 4. The Bertz CT molecular complexity index is 688. The number of hydrogen-bond donors (Lipinski definition) is 1. The van der Waals surface area contributed by atoms with Gasteiger partial charge in [0, 0.05) is 37.8 Å². The maximum absolute atomic E-state index is 13.2. The maximum Gasteiger partial charge on any atom is 0.260 e. The number of anilines is 1. The minimum atomic E-state index is -2.93. The zero-order valence-electron chi connectivity index (χ0n) is 13.3. The van der Waals surface area contributed by atoms with Gasteiger partial charge in [0.2, 0.25) is 11.8 Å². The fourth-order valence-corrected chi connectivity index (χ4v) is 3.67. The molecule has 0 saturated heterocycles. The molecule has 24 heavy (non-hydrogen) atoms. The van der Waals surface area contributed by atoms with Gasteiger partial charge in [0.25, 0.3) is 5.92 Å². The second-order valence-electron chi connectivity index (χ2n) is 7.37. The number of halogens is 4. The number of carbonyl (C=O) groups excluding carboxylic acids is 1. The number of nitrogens with zero attached hydrogens (tertiary/aromatic N) is 2. The van der Waals surface area contributed by atoms with Gasteiger partial charge in [-0.15, -0.1) is 0 Å². The Morgan fingerprint density at radius 3 is 2.25 bits per heavy atom. The number of alkyl halides is 4. The average molecular weight is 345 g/mol. The summed E-state index contributed by atoms with van der Waals surface area (Å²) in [6.07, 6.45) is 1.94. The zero-order valence-corrected chi connectivity index (χ0v) is 13.3. The van der Waals surface area contributed by atoms with Gasteiger partial charge in [-0.25, -0.2) is 17.6 Å². The Labute approximate surface area is 136 Å². The van der Waals surface area contributed by atoms with E-state index in [1.807, 2.05) is 0 Å². The molecule has 1 heterocycles. The summed E-state index contributed by atoms with van der Waals surface area (Å²) in [6, 6.07) is 0. The van der Waals surface area contributed by atoms with Crippen LogP contribution in [0.15, 0.2) is 0 Å². The van der Waals surface area contributed by atoms with E-state index in [2.05, 4.69) is 10.4 Å². The van der Waals surface area contributed by atoms with E-state index in [4.69, 9.17) is 0 Å². The van der Waals surface area contributed by atoms with Crippen molar-refractivity contribution in [1.29, 1.82) is 0 Å². The van der Waals surface area contributed by atoms with Gasteiger partial charge in [0.1, 0.15) is 11.7 Å². The Morgan fingerprint density at radius 1 is 1.17 bits per heavy atom. The van der Waals surface area contributed by atoms with E-state index in [1.54, 1.807) is 7.05 Å². The van der Waals surface area contributed by atoms with Crippen LogP contribution in [-0.2, 0) is 11.8 Å². The lowest BCUT2D eigenvalue weighted by Crippen LogP contribution is -2.34. The summed E-state index contributed by atoms with van der Waals surface area (Å²) in [4.78, 5) is 12.0. The van der Waals surface area contributed by atoms with Crippen molar-refractivity contribution in [3.63, 3.8) is 0 Å². The number of carbonyl (C=O) groups is 1. The SMILES string of the molecule is Cn1nc(C2CC(F)(F)C2)c(C2CCC2)c1NC(=O)C1CC1(F)F. The smallest absolute Gasteiger partial charge is 0.260 e. The summed E-state index contributed by atoms with van der Waals surface area (Å²) in [5.41, 5.74) is 1.38. The predicted octanol–water partition coefficient (Wildman–Crippen LogP) is 3.79. The van der Waals surface area contributed by atoms with Crippen LogP contribution in [0.5, 0.6) is 0 Å². The molecule has 1 aromatic heterocycles. The standard InChI is InChI=1S/C16H19F4N3O/c1-23-13(21-14(24)10-7-16(10,19)20)11(8-3-2-4-8)12(22-23)9-5-15(17,18)6-9/h8-10H,2-7H2,1H3,(H,21,24). The third kappa shape index (κ3) is 2.50. The quantitative estimate of drug-likeness (QED) is 0.844. The summed E-state index contributed by atoms with van der Waals surface area (Å²) >= 11 is 0. The van der Waals surface area contributed by atoms with E-state index < -0.39 is 30.1 Å². The third-order valence-electron chi connectivity index (χ3n) is 5.49. The van der Waals surface area contributed by atoms with Crippen LogP contribution >= 0.6 is 0 Å². The predicted molar refractivity (Wildman–Crippen MR) is 78.4 cm³/mol. The van der Waals surface area contributed by atoms with Crippen molar-refractivity contribution < 1.29 is 22.4 Å². The topological polar surface area (TPSA) is 46.9 Å². The highest BCUT2D eigenvalue weighted by molar-refractivity contribution is 5.95. The number of amides is 1. The van der Waals surface area contributed by atoms with E-state index >= 15 is 0 Å². The van der Waals surface area contributed by atoms with Gasteiger partial charge >= 0.3 is 0 Å². The van der Waals surface area contributed by atoms with Crippen molar-refractivity contribution in [2.45, 2.75) is 62.2 Å². The molecule has 0 aromatic carbocycles. The Hall–Kier alpha value is -1.60. The van der Waals surface area contributed by atoms with E-state index in [0.717, 1.165) is 24.8 Å². The minimum Gasteiger partial charge on any atom is -0.310 e. The molecular formula is C16H19F4N3O. The number of nitrogens with one attached hydrogen (secondary N) is 1. The van der Waals surface area contributed by atoms with Crippen molar-refractivity contribution >= 4 is 11.7 Å². The number of aromatic nitrogens is 2. The molecule has 3 saturated carbocycles. The highest BCUT2D eigenvalue weighted by Crippen LogP contribution is 2.53. The van der Waals surface area contributed by atoms with Crippen LogP contribution in [0.2, 0.25) is 0 Å². The molecule has 132 valence electrons. The third-order valence-corrected chi connectivity index (χ3v) is 5.49. The van der Waals surface area contributed by atoms with Gasteiger partial charge in [-0.05, 0) is 18.8 Å². The number of hydrogen-bond acceptors (Lipinski definition) is 2. The largest absolute Gasteiger partial charge is 0.310 e. The monoisotopic (exact) mass is 345 g/mol. The summed E-state index contributed by atoms with van der Waals surface area (Å²) in [5, 5.41) is 6.94. The Balaban J connectivity index is 1.61. The first-order valence-corrected chi connectivity index (χ1v) is 8.31. The van der Waals surface area contributed by atoms with Crippen LogP contribution in [0, 0.1) is 5.92 Å². The van der Waals surface area contributed by atoms with Crippen LogP contribution in [0.1, 0.15) is 61.6 Å². The number of aryl methyl sites for hydroxylation is 1. The van der Waals surface area contributed by atoms with Crippen LogP contribution in [-0.4, -0.2) is 27.5 Å². The van der Waals surface area contributed by atoms with E-state index in [1.165, 1.54) is 4.68 Å². The molecule has 1 unspecified atom stereocenters. The molecular weight excluding hydrogens is 326 g/mol. The van der Waals surface area contributed by atoms with Crippen molar-refractivity contribution in [2.24, 2.45) is 13.0 Å². The molecule has 1 N–H and O–H groups in total. The normalized spacial score (nSPS) is 28.1. The molecule has 4 rings (SSSR count). The van der Waals surface area contributed by atoms with Crippen LogP contribution in [0.25, 0.3) is 0 Å². The minimum absolute atomic E-state index is 0.165. The van der Waals surface area contributed by atoms with Crippen molar-refractivity contribution in [3.05, 3.63) is 11.3 Å². The maximum atomic E-state index is 13.2. The molecule has 3 fully saturated rings. The van der Waals surface area contributed by atoms with Gasteiger partial charge in [-0.3, -0.25) is 9.48 Å². The molecule has 1 amide bonds. The van der Waals surface area contributed by atoms with E-state index in [0.29, 0.717) is 11.5 Å². The second kappa shape index (κ2) is 4.95. The second-order valence-corrected chi connectivity index (χ2v) is 7.37. The molecule has 0 radical (unpaired) electrons.